The van der Waals surface area contributed by atoms with Crippen LogP contribution in [-0.4, -0.2) is 18.2 Å². The maximum atomic E-state index is 13.9. The lowest BCUT2D eigenvalue weighted by Gasteiger charge is -2.23. The standard InChI is InChI=1S/C26H18N2O5/c1-14-13-20(27-33-14)28-22(17-9-5-6-10-19(17)31-2)21-23(29)18-12-11-15-7-3-4-8-16(15)24(18)32-25(21)26(28)30/h3-13,22H,1-2H3/t22-/m1/s1. The minimum Gasteiger partial charge on any atom is -0.496 e. The second-order valence-electron chi connectivity index (χ2n) is 7.95. The van der Waals surface area contributed by atoms with Gasteiger partial charge in [0.2, 0.25) is 5.76 Å². The summed E-state index contributed by atoms with van der Waals surface area (Å²) in [6, 6.07) is 19.4. The number of anilines is 1. The Balaban J connectivity index is 1.71. The number of nitrogens with zero attached hydrogens (tertiary/aromatic N) is 2. The Morgan fingerprint density at radius 2 is 1.76 bits per heavy atom. The number of ether oxygens (including phenoxy) is 1. The molecule has 2 aromatic heterocycles. The third-order valence-corrected chi connectivity index (χ3v) is 6.06. The molecule has 0 saturated carbocycles. The molecular weight excluding hydrogens is 420 g/mol. The molecule has 6 rings (SSSR count). The predicted octanol–water partition coefficient (Wildman–Crippen LogP) is 5.00. The van der Waals surface area contributed by atoms with Crippen LogP contribution in [0.2, 0.25) is 0 Å². The summed E-state index contributed by atoms with van der Waals surface area (Å²) in [4.78, 5) is 29.0. The molecule has 0 bridgehead atoms. The molecular formula is C26H18N2O5. The van der Waals surface area contributed by atoms with Crippen molar-refractivity contribution in [3.05, 3.63) is 99.6 Å². The first-order chi connectivity index (χ1) is 16.1. The molecule has 7 nitrogen and oxygen atoms in total. The summed E-state index contributed by atoms with van der Waals surface area (Å²) in [5, 5.41) is 6.16. The molecule has 0 aliphatic carbocycles. The second-order valence-corrected chi connectivity index (χ2v) is 7.95. The van der Waals surface area contributed by atoms with Crippen LogP contribution in [0.3, 0.4) is 0 Å². The number of hydrogen-bond acceptors (Lipinski definition) is 6. The fraction of sp³-hybridized carbons (Fsp3) is 0.115. The van der Waals surface area contributed by atoms with Crippen molar-refractivity contribution < 1.29 is 18.5 Å². The maximum absolute atomic E-state index is 13.9. The molecule has 33 heavy (non-hydrogen) atoms. The number of rotatable bonds is 3. The van der Waals surface area contributed by atoms with Crippen molar-refractivity contribution in [2.24, 2.45) is 0 Å². The Kier molecular flexibility index (Phi) is 4.13. The van der Waals surface area contributed by atoms with Gasteiger partial charge < -0.3 is 13.7 Å². The quantitative estimate of drug-likeness (QED) is 0.369. The highest BCUT2D eigenvalue weighted by Crippen LogP contribution is 2.44. The van der Waals surface area contributed by atoms with Gasteiger partial charge in [-0.1, -0.05) is 53.7 Å². The fourth-order valence-electron chi connectivity index (χ4n) is 4.59. The summed E-state index contributed by atoms with van der Waals surface area (Å²) in [7, 11) is 1.55. The van der Waals surface area contributed by atoms with Crippen molar-refractivity contribution in [3.8, 4) is 5.75 Å². The zero-order valence-electron chi connectivity index (χ0n) is 17.9. The number of amides is 1. The molecule has 1 aliphatic rings. The van der Waals surface area contributed by atoms with Crippen molar-refractivity contribution in [2.45, 2.75) is 13.0 Å². The van der Waals surface area contributed by atoms with E-state index < -0.39 is 11.9 Å². The van der Waals surface area contributed by atoms with Crippen LogP contribution in [-0.2, 0) is 0 Å². The molecule has 0 saturated heterocycles. The van der Waals surface area contributed by atoms with Gasteiger partial charge in [0.05, 0.1) is 18.1 Å². The summed E-state index contributed by atoms with van der Waals surface area (Å²) >= 11 is 0. The van der Waals surface area contributed by atoms with Crippen LogP contribution in [0, 0.1) is 6.92 Å². The van der Waals surface area contributed by atoms with Crippen LogP contribution in [0.1, 0.15) is 33.5 Å². The zero-order valence-corrected chi connectivity index (χ0v) is 17.9. The molecule has 0 fully saturated rings. The number of aryl methyl sites for hydroxylation is 1. The average molecular weight is 438 g/mol. The van der Waals surface area contributed by atoms with Gasteiger partial charge >= 0.3 is 0 Å². The molecule has 1 amide bonds. The summed E-state index contributed by atoms with van der Waals surface area (Å²) in [5.41, 5.74) is 1.04. The van der Waals surface area contributed by atoms with E-state index in [9.17, 15) is 9.59 Å². The van der Waals surface area contributed by atoms with Crippen molar-refractivity contribution in [3.63, 3.8) is 0 Å². The minimum atomic E-state index is -0.778. The molecule has 7 heteroatoms. The molecule has 0 N–H and O–H groups in total. The van der Waals surface area contributed by atoms with Crippen molar-refractivity contribution in [2.75, 3.05) is 12.0 Å². The Bertz CT molecular complexity index is 1630. The monoisotopic (exact) mass is 438 g/mol. The first kappa shape index (κ1) is 19.3. The Morgan fingerprint density at radius 3 is 2.55 bits per heavy atom. The Hall–Kier alpha value is -4.39. The van der Waals surface area contributed by atoms with E-state index in [2.05, 4.69) is 5.16 Å². The van der Waals surface area contributed by atoms with E-state index in [1.165, 1.54) is 4.90 Å². The molecule has 3 heterocycles. The van der Waals surface area contributed by atoms with Crippen molar-refractivity contribution in [1.29, 1.82) is 0 Å². The van der Waals surface area contributed by atoms with Gasteiger partial charge in [-0.3, -0.25) is 14.5 Å². The summed E-state index contributed by atoms with van der Waals surface area (Å²) in [6.07, 6.45) is 0. The number of fused-ring (bicyclic) bond motifs is 4. The Labute approximate surface area is 187 Å². The first-order valence-corrected chi connectivity index (χ1v) is 10.5. The van der Waals surface area contributed by atoms with E-state index in [1.54, 1.807) is 32.2 Å². The van der Waals surface area contributed by atoms with Gasteiger partial charge in [0.25, 0.3) is 5.91 Å². The number of benzene rings is 3. The number of carbonyl (C=O) groups is 1. The first-order valence-electron chi connectivity index (χ1n) is 10.5. The largest absolute Gasteiger partial charge is 0.496 e. The molecule has 0 unspecified atom stereocenters. The summed E-state index contributed by atoms with van der Waals surface area (Å²) < 4.78 is 17.0. The molecule has 5 aromatic rings. The minimum absolute atomic E-state index is 0.000382. The van der Waals surface area contributed by atoms with Gasteiger partial charge in [-0.2, -0.15) is 0 Å². The Morgan fingerprint density at radius 1 is 0.970 bits per heavy atom. The van der Waals surface area contributed by atoms with Gasteiger partial charge in [-0.25, -0.2) is 0 Å². The van der Waals surface area contributed by atoms with E-state index in [0.29, 0.717) is 33.9 Å². The van der Waals surface area contributed by atoms with E-state index in [0.717, 1.165) is 10.8 Å². The van der Waals surface area contributed by atoms with E-state index in [1.807, 2.05) is 48.5 Å². The van der Waals surface area contributed by atoms with E-state index in [-0.39, 0.29) is 16.8 Å². The molecule has 162 valence electrons. The van der Waals surface area contributed by atoms with Gasteiger partial charge in [0.1, 0.15) is 23.1 Å². The lowest BCUT2D eigenvalue weighted by atomic mass is 9.97. The number of hydrogen-bond donors (Lipinski definition) is 0. The highest BCUT2D eigenvalue weighted by atomic mass is 16.5. The number of methoxy groups -OCH3 is 1. The molecule has 1 atom stereocenters. The molecule has 1 aliphatic heterocycles. The van der Waals surface area contributed by atoms with Crippen molar-refractivity contribution >= 4 is 33.5 Å². The van der Waals surface area contributed by atoms with Gasteiger partial charge in [0.15, 0.2) is 11.2 Å². The number of aromatic nitrogens is 1. The van der Waals surface area contributed by atoms with Crippen LogP contribution < -0.4 is 15.1 Å². The van der Waals surface area contributed by atoms with Crippen molar-refractivity contribution in [1.82, 2.24) is 5.16 Å². The number of para-hydroxylation sites is 1. The normalized spacial score (nSPS) is 15.4. The van der Waals surface area contributed by atoms with Crippen LogP contribution in [0.25, 0.3) is 21.7 Å². The maximum Gasteiger partial charge on any atom is 0.296 e. The smallest absolute Gasteiger partial charge is 0.296 e. The van der Waals surface area contributed by atoms with Crippen LogP contribution in [0.15, 0.2) is 80.5 Å². The van der Waals surface area contributed by atoms with Crippen LogP contribution >= 0.6 is 0 Å². The highest BCUT2D eigenvalue weighted by molar-refractivity contribution is 6.12. The molecule has 0 spiro atoms. The number of carbonyl (C=O) groups excluding carboxylic acids is 1. The van der Waals surface area contributed by atoms with Gasteiger partial charge in [0, 0.05) is 17.0 Å². The van der Waals surface area contributed by atoms with Gasteiger partial charge in [-0.05, 0) is 24.4 Å². The third-order valence-electron chi connectivity index (χ3n) is 6.06. The summed E-state index contributed by atoms with van der Waals surface area (Å²) in [6.45, 7) is 1.74. The molecule has 0 radical (unpaired) electrons. The summed E-state index contributed by atoms with van der Waals surface area (Å²) in [5.74, 6) is 0.934. The van der Waals surface area contributed by atoms with E-state index in [4.69, 9.17) is 13.7 Å². The zero-order chi connectivity index (χ0) is 22.7. The SMILES string of the molecule is COc1ccccc1[C@@H]1c2c(oc3c(ccc4ccccc43)c2=O)C(=O)N1c1cc(C)on1. The van der Waals surface area contributed by atoms with Crippen LogP contribution in [0.4, 0.5) is 5.82 Å². The highest BCUT2D eigenvalue weighted by Gasteiger charge is 2.46. The van der Waals surface area contributed by atoms with Gasteiger partial charge in [-0.15, -0.1) is 0 Å². The predicted molar refractivity (Wildman–Crippen MR) is 123 cm³/mol. The second kappa shape index (κ2) is 7.06. The average Bonchev–Trinajstić information content (AvgIpc) is 3.39. The van der Waals surface area contributed by atoms with Crippen LogP contribution in [0.5, 0.6) is 5.75 Å². The lowest BCUT2D eigenvalue weighted by molar-refractivity contribution is 0.0969. The molecule has 3 aromatic carbocycles. The lowest BCUT2D eigenvalue weighted by Crippen LogP contribution is -2.30. The topological polar surface area (TPSA) is 85.8 Å². The fourth-order valence-corrected chi connectivity index (χ4v) is 4.59. The van der Waals surface area contributed by atoms with E-state index >= 15 is 0 Å². The third kappa shape index (κ3) is 2.72.